The minimum Gasteiger partial charge on any atom is -0.367 e. The van der Waals surface area contributed by atoms with Crippen LogP contribution in [0.2, 0.25) is 5.02 Å². The number of anilines is 1. The Morgan fingerprint density at radius 2 is 2.07 bits per heavy atom. The average Bonchev–Trinajstić information content (AvgIpc) is 3.19. The van der Waals surface area contributed by atoms with Crippen molar-refractivity contribution < 1.29 is 9.18 Å². The molecule has 2 aliphatic rings. The number of piperazine rings is 1. The number of nitrogens with one attached hydrogen (secondary N) is 1. The molecule has 0 aromatic heterocycles. The topological polar surface area (TPSA) is 35.6 Å². The molecule has 158 valence electrons. The van der Waals surface area contributed by atoms with E-state index in [1.165, 1.54) is 12.5 Å². The van der Waals surface area contributed by atoms with Gasteiger partial charge in [-0.15, -0.1) is 0 Å². The minimum atomic E-state index is -0.250. The summed E-state index contributed by atoms with van der Waals surface area (Å²) in [6, 6.07) is 5.46. The Morgan fingerprint density at radius 3 is 2.72 bits per heavy atom. The summed E-state index contributed by atoms with van der Waals surface area (Å²) in [7, 11) is 0. The highest BCUT2D eigenvalue weighted by atomic mass is 35.5. The lowest BCUT2D eigenvalue weighted by molar-refractivity contribution is -0.117. The molecule has 6 heteroatoms. The van der Waals surface area contributed by atoms with E-state index in [4.69, 9.17) is 11.6 Å². The first-order chi connectivity index (χ1) is 14.0. The van der Waals surface area contributed by atoms with Gasteiger partial charge in [-0.3, -0.25) is 9.69 Å². The molecule has 29 heavy (non-hydrogen) atoms. The molecule has 1 unspecified atom stereocenters. The van der Waals surface area contributed by atoms with Crippen molar-refractivity contribution >= 4 is 23.2 Å². The van der Waals surface area contributed by atoms with Crippen LogP contribution in [0.4, 0.5) is 10.1 Å². The van der Waals surface area contributed by atoms with Crippen LogP contribution < -0.4 is 10.2 Å². The van der Waals surface area contributed by atoms with Crippen LogP contribution in [0.3, 0.4) is 0 Å². The van der Waals surface area contributed by atoms with Crippen molar-refractivity contribution in [3.8, 4) is 0 Å². The third-order valence-corrected chi connectivity index (χ3v) is 6.37. The predicted molar refractivity (Wildman–Crippen MR) is 118 cm³/mol. The zero-order chi connectivity index (χ0) is 20.8. The Balaban J connectivity index is 1.45. The van der Waals surface area contributed by atoms with Gasteiger partial charge in [0.2, 0.25) is 5.91 Å². The van der Waals surface area contributed by atoms with Gasteiger partial charge in [0, 0.05) is 49.4 Å². The number of halogens is 2. The number of hydrogen-bond donors (Lipinski definition) is 1. The van der Waals surface area contributed by atoms with Gasteiger partial charge in [-0.1, -0.05) is 37.3 Å². The summed E-state index contributed by atoms with van der Waals surface area (Å²) in [4.78, 5) is 16.9. The predicted octanol–water partition coefficient (Wildman–Crippen LogP) is 4.41. The first kappa shape index (κ1) is 21.8. The van der Waals surface area contributed by atoms with E-state index in [0.29, 0.717) is 29.1 Å². The number of hydrogen-bond acceptors (Lipinski definition) is 3. The molecular weight excluding hydrogens is 389 g/mol. The van der Waals surface area contributed by atoms with E-state index < -0.39 is 0 Å². The molecule has 1 N–H and O–H groups in total. The smallest absolute Gasteiger partial charge is 0.247 e. The normalized spacial score (nSPS) is 23.3. The monoisotopic (exact) mass is 419 g/mol. The summed E-state index contributed by atoms with van der Waals surface area (Å²) in [5, 5.41) is 3.52. The van der Waals surface area contributed by atoms with Crippen LogP contribution in [0.1, 0.15) is 32.6 Å². The molecule has 2 atom stereocenters. The van der Waals surface area contributed by atoms with Crippen molar-refractivity contribution in [2.24, 2.45) is 5.92 Å². The third kappa shape index (κ3) is 5.61. The van der Waals surface area contributed by atoms with Gasteiger partial charge < -0.3 is 10.2 Å². The van der Waals surface area contributed by atoms with E-state index in [2.05, 4.69) is 21.7 Å². The fourth-order valence-corrected chi connectivity index (χ4v) is 4.64. The Morgan fingerprint density at radius 1 is 1.31 bits per heavy atom. The van der Waals surface area contributed by atoms with Crippen LogP contribution in [0.15, 0.2) is 42.5 Å². The SMILES string of the molecule is C=C/C=C(/CC)C(=O)NC[C@@H]1CCC(N2CCN(c3ccc(Cl)cc3F)CC2)C1. The second kappa shape index (κ2) is 10.3. The number of carbonyl (C=O) groups excluding carboxylic acids is 1. The highest BCUT2D eigenvalue weighted by molar-refractivity contribution is 6.30. The van der Waals surface area contributed by atoms with Gasteiger partial charge in [0.05, 0.1) is 5.69 Å². The van der Waals surface area contributed by atoms with Crippen molar-refractivity contribution in [3.05, 3.63) is 53.3 Å². The van der Waals surface area contributed by atoms with Gasteiger partial charge in [-0.2, -0.15) is 0 Å². The maximum atomic E-state index is 14.2. The third-order valence-electron chi connectivity index (χ3n) is 6.14. The van der Waals surface area contributed by atoms with Crippen LogP contribution in [-0.2, 0) is 4.79 Å². The largest absolute Gasteiger partial charge is 0.367 e. The lowest BCUT2D eigenvalue weighted by Crippen LogP contribution is -2.50. The van der Waals surface area contributed by atoms with Crippen LogP contribution in [0.25, 0.3) is 0 Å². The molecule has 0 spiro atoms. The number of nitrogens with zero attached hydrogens (tertiary/aromatic N) is 2. The molecular formula is C23H31ClFN3O. The summed E-state index contributed by atoms with van der Waals surface area (Å²) in [5.41, 5.74) is 1.42. The van der Waals surface area contributed by atoms with Crippen molar-refractivity contribution in [2.45, 2.75) is 38.6 Å². The maximum absolute atomic E-state index is 14.2. The molecule has 3 rings (SSSR count). The van der Waals surface area contributed by atoms with Crippen molar-refractivity contribution in [2.75, 3.05) is 37.6 Å². The molecule has 1 heterocycles. The van der Waals surface area contributed by atoms with Gasteiger partial charge in [0.25, 0.3) is 0 Å². The van der Waals surface area contributed by atoms with Crippen molar-refractivity contribution in [1.29, 1.82) is 0 Å². The molecule has 1 aromatic carbocycles. The summed E-state index contributed by atoms with van der Waals surface area (Å²) in [6.45, 7) is 9.91. The van der Waals surface area contributed by atoms with Crippen LogP contribution in [0, 0.1) is 11.7 Å². The molecule has 1 aliphatic carbocycles. The van der Waals surface area contributed by atoms with Crippen molar-refractivity contribution in [3.63, 3.8) is 0 Å². The second-order valence-corrected chi connectivity index (χ2v) is 8.38. The molecule has 1 aliphatic heterocycles. The van der Waals surface area contributed by atoms with Gasteiger partial charge in [-0.25, -0.2) is 4.39 Å². The molecule has 1 aromatic rings. The highest BCUT2D eigenvalue weighted by Gasteiger charge is 2.31. The summed E-state index contributed by atoms with van der Waals surface area (Å²) < 4.78 is 14.2. The Labute approximate surface area is 178 Å². The van der Waals surface area contributed by atoms with E-state index in [9.17, 15) is 9.18 Å². The molecule has 4 nitrogen and oxygen atoms in total. The summed E-state index contributed by atoms with van der Waals surface area (Å²) in [5.74, 6) is 0.298. The van der Waals surface area contributed by atoms with E-state index >= 15 is 0 Å². The zero-order valence-corrected chi connectivity index (χ0v) is 17.9. The van der Waals surface area contributed by atoms with Crippen LogP contribution in [0.5, 0.6) is 0 Å². The van der Waals surface area contributed by atoms with E-state index in [-0.39, 0.29) is 11.7 Å². The van der Waals surface area contributed by atoms with Gasteiger partial charge in [0.15, 0.2) is 0 Å². The van der Waals surface area contributed by atoms with Crippen LogP contribution in [-0.4, -0.2) is 49.6 Å². The lowest BCUT2D eigenvalue weighted by atomic mass is 10.1. The van der Waals surface area contributed by atoms with Gasteiger partial charge >= 0.3 is 0 Å². The summed E-state index contributed by atoms with van der Waals surface area (Å²) >= 11 is 5.86. The van der Waals surface area contributed by atoms with E-state index in [0.717, 1.165) is 51.1 Å². The lowest BCUT2D eigenvalue weighted by Gasteiger charge is -2.39. The van der Waals surface area contributed by atoms with E-state index in [1.807, 2.05) is 6.92 Å². The highest BCUT2D eigenvalue weighted by Crippen LogP contribution is 2.31. The maximum Gasteiger partial charge on any atom is 0.247 e. The molecule has 1 saturated carbocycles. The summed E-state index contributed by atoms with van der Waals surface area (Å²) in [6.07, 6.45) is 7.59. The molecule has 0 bridgehead atoms. The molecule has 0 radical (unpaired) electrons. The first-order valence-corrected chi connectivity index (χ1v) is 10.9. The first-order valence-electron chi connectivity index (χ1n) is 10.6. The van der Waals surface area contributed by atoms with Crippen LogP contribution >= 0.6 is 11.6 Å². The molecule has 1 amide bonds. The average molecular weight is 420 g/mol. The number of amides is 1. The molecule has 2 fully saturated rings. The second-order valence-electron chi connectivity index (χ2n) is 7.94. The number of rotatable bonds is 7. The van der Waals surface area contributed by atoms with E-state index in [1.54, 1.807) is 24.3 Å². The number of carbonyl (C=O) groups is 1. The fourth-order valence-electron chi connectivity index (χ4n) is 4.48. The Bertz CT molecular complexity index is 758. The number of allylic oxidation sites excluding steroid dienone is 2. The fraction of sp³-hybridized carbons (Fsp3) is 0.522. The van der Waals surface area contributed by atoms with Gasteiger partial charge in [0.1, 0.15) is 5.82 Å². The van der Waals surface area contributed by atoms with Gasteiger partial charge in [-0.05, 0) is 49.8 Å². The minimum absolute atomic E-state index is 0.0226. The Kier molecular flexibility index (Phi) is 7.73. The van der Waals surface area contributed by atoms with Crippen molar-refractivity contribution in [1.82, 2.24) is 10.2 Å². The molecule has 1 saturated heterocycles. The quantitative estimate of drug-likeness (QED) is 0.525. The zero-order valence-electron chi connectivity index (χ0n) is 17.2. The Hall–Kier alpha value is -1.85. The number of benzene rings is 1. The standard InChI is InChI=1S/C23H31ClFN3O/c1-3-5-18(4-2)23(29)26-16-17-6-8-20(14-17)27-10-12-28(13-11-27)22-9-7-19(24)15-21(22)25/h3,5,7,9,15,17,20H,1,4,6,8,10-14,16H2,2H3,(H,26,29)/b18-5-/t17-,20?/m1/s1.